The van der Waals surface area contributed by atoms with Crippen molar-refractivity contribution in [2.45, 2.75) is 13.0 Å². The lowest BCUT2D eigenvalue weighted by Gasteiger charge is -2.13. The van der Waals surface area contributed by atoms with Crippen LogP contribution >= 0.6 is 24.0 Å². The Balaban J connectivity index is 0.00000264. The Morgan fingerprint density at radius 3 is 2.30 bits per heavy atom. The molecule has 0 saturated heterocycles. The molecule has 0 aliphatic heterocycles. The molecule has 1 atom stereocenters. The summed E-state index contributed by atoms with van der Waals surface area (Å²) in [4.78, 5) is 4.28. The molecule has 0 spiro atoms. The number of ether oxygens (including phenoxy) is 2. The number of rotatable bonds is 6. The maximum atomic E-state index is 5.85. The molecular formula is C17H22IN3O2. The van der Waals surface area contributed by atoms with Crippen LogP contribution in [0.5, 0.6) is 11.5 Å². The molecule has 124 valence electrons. The van der Waals surface area contributed by atoms with Crippen LogP contribution in [0.4, 0.5) is 5.69 Å². The summed E-state index contributed by atoms with van der Waals surface area (Å²) in [5.74, 6) is 1.95. The quantitative estimate of drug-likeness (QED) is 0.421. The van der Waals surface area contributed by atoms with Gasteiger partial charge in [0.1, 0.15) is 17.6 Å². The molecule has 0 radical (unpaired) electrons. The molecule has 0 amide bonds. The summed E-state index contributed by atoms with van der Waals surface area (Å²) >= 11 is 0. The van der Waals surface area contributed by atoms with E-state index in [4.69, 9.17) is 15.2 Å². The summed E-state index contributed by atoms with van der Waals surface area (Å²) in [5.41, 5.74) is 6.76. The Morgan fingerprint density at radius 1 is 1.09 bits per heavy atom. The molecule has 0 aliphatic rings. The summed E-state index contributed by atoms with van der Waals surface area (Å²) in [5, 5.41) is 3.03. The molecule has 0 heterocycles. The van der Waals surface area contributed by atoms with Crippen LogP contribution in [-0.2, 0) is 0 Å². The summed E-state index contributed by atoms with van der Waals surface area (Å²) in [6.45, 7) is 2.42. The van der Waals surface area contributed by atoms with Crippen molar-refractivity contribution in [3.8, 4) is 11.5 Å². The summed E-state index contributed by atoms with van der Waals surface area (Å²) in [6, 6.07) is 17.1. The van der Waals surface area contributed by atoms with Crippen LogP contribution in [0.15, 0.2) is 59.6 Å². The zero-order valence-electron chi connectivity index (χ0n) is 13.2. The number of methoxy groups -OCH3 is 1. The molecule has 6 heteroatoms. The van der Waals surface area contributed by atoms with Crippen LogP contribution in [0.2, 0.25) is 0 Å². The smallest absolute Gasteiger partial charge is 0.193 e. The fourth-order valence-electron chi connectivity index (χ4n) is 1.86. The van der Waals surface area contributed by atoms with Gasteiger partial charge in [-0.25, -0.2) is 4.99 Å². The molecule has 0 aromatic heterocycles. The van der Waals surface area contributed by atoms with Crippen molar-refractivity contribution in [1.82, 2.24) is 0 Å². The second kappa shape index (κ2) is 9.94. The highest BCUT2D eigenvalue weighted by Crippen LogP contribution is 2.18. The molecule has 2 aromatic carbocycles. The Morgan fingerprint density at radius 2 is 1.70 bits per heavy atom. The van der Waals surface area contributed by atoms with Crippen LogP contribution in [0.1, 0.15) is 6.92 Å². The zero-order chi connectivity index (χ0) is 15.8. The minimum atomic E-state index is -0.0791. The number of hydrogen-bond donors (Lipinski definition) is 2. The Kier molecular flexibility index (Phi) is 8.25. The zero-order valence-corrected chi connectivity index (χ0v) is 15.6. The number of guanidine groups is 1. The third-order valence-corrected chi connectivity index (χ3v) is 2.96. The highest BCUT2D eigenvalue weighted by molar-refractivity contribution is 14.0. The van der Waals surface area contributed by atoms with Crippen LogP contribution in [0, 0.1) is 0 Å². The normalized spacial score (nSPS) is 12.0. The number of nitrogens with one attached hydrogen (secondary N) is 1. The number of hydrogen-bond acceptors (Lipinski definition) is 3. The molecule has 23 heavy (non-hydrogen) atoms. The number of halogens is 1. The Labute approximate surface area is 153 Å². The molecule has 5 nitrogen and oxygen atoms in total. The van der Waals surface area contributed by atoms with E-state index in [9.17, 15) is 0 Å². The highest BCUT2D eigenvalue weighted by atomic mass is 127. The number of anilines is 1. The fraction of sp³-hybridized carbons (Fsp3) is 0.235. The van der Waals surface area contributed by atoms with E-state index in [0.717, 1.165) is 17.2 Å². The molecule has 0 fully saturated rings. The van der Waals surface area contributed by atoms with Gasteiger partial charge in [-0.3, -0.25) is 0 Å². The van der Waals surface area contributed by atoms with Gasteiger partial charge in [-0.2, -0.15) is 0 Å². The van der Waals surface area contributed by atoms with Crippen LogP contribution in [0.25, 0.3) is 0 Å². The van der Waals surface area contributed by atoms with Gasteiger partial charge in [0.25, 0.3) is 0 Å². The largest absolute Gasteiger partial charge is 0.497 e. The monoisotopic (exact) mass is 427 g/mol. The first-order valence-corrected chi connectivity index (χ1v) is 7.10. The van der Waals surface area contributed by atoms with Crippen molar-refractivity contribution >= 4 is 35.6 Å². The summed E-state index contributed by atoms with van der Waals surface area (Å²) < 4.78 is 10.9. The molecule has 0 aliphatic carbocycles. The van der Waals surface area contributed by atoms with Gasteiger partial charge in [0.05, 0.1) is 13.7 Å². The second-order valence-corrected chi connectivity index (χ2v) is 4.82. The highest BCUT2D eigenvalue weighted by Gasteiger charge is 2.04. The lowest BCUT2D eigenvalue weighted by Crippen LogP contribution is -2.25. The summed E-state index contributed by atoms with van der Waals surface area (Å²) in [6.07, 6.45) is -0.0791. The second-order valence-electron chi connectivity index (χ2n) is 4.82. The van der Waals surface area contributed by atoms with Crippen molar-refractivity contribution in [2.24, 2.45) is 10.7 Å². The molecule has 2 aromatic rings. The maximum absolute atomic E-state index is 5.85. The van der Waals surface area contributed by atoms with E-state index in [-0.39, 0.29) is 30.1 Å². The number of nitrogens with zero attached hydrogens (tertiary/aromatic N) is 1. The lowest BCUT2D eigenvalue weighted by molar-refractivity contribution is 0.230. The van der Waals surface area contributed by atoms with Crippen molar-refractivity contribution < 1.29 is 9.47 Å². The van der Waals surface area contributed by atoms with Crippen molar-refractivity contribution in [1.29, 1.82) is 0 Å². The number of benzene rings is 2. The van der Waals surface area contributed by atoms with Crippen molar-refractivity contribution in [3.63, 3.8) is 0 Å². The number of nitrogens with two attached hydrogens (primary N) is 1. The standard InChI is InChI=1S/C17H21N3O2.HI/c1-13(22-16-10-8-15(21-2)9-11-16)12-19-17(18)20-14-6-4-3-5-7-14;/h3-11,13H,12H2,1-2H3,(H3,18,19,20);1H. The first-order valence-electron chi connectivity index (χ1n) is 7.10. The topological polar surface area (TPSA) is 68.9 Å². The predicted octanol–water partition coefficient (Wildman–Crippen LogP) is 3.51. The number of aliphatic imine (C=N–C) groups is 1. The van der Waals surface area contributed by atoms with E-state index < -0.39 is 0 Å². The van der Waals surface area contributed by atoms with Gasteiger partial charge in [-0.1, -0.05) is 18.2 Å². The number of para-hydroxylation sites is 1. The van der Waals surface area contributed by atoms with Crippen LogP contribution in [0.3, 0.4) is 0 Å². The average Bonchev–Trinajstić information content (AvgIpc) is 2.55. The molecule has 0 saturated carbocycles. The summed E-state index contributed by atoms with van der Waals surface area (Å²) in [7, 11) is 1.63. The van der Waals surface area contributed by atoms with Gasteiger partial charge in [-0.15, -0.1) is 24.0 Å². The van der Waals surface area contributed by atoms with E-state index in [1.165, 1.54) is 0 Å². The molecule has 0 bridgehead atoms. The lowest BCUT2D eigenvalue weighted by atomic mass is 10.3. The Hall–Kier alpha value is -1.96. The Bertz CT molecular complexity index is 603. The van der Waals surface area contributed by atoms with E-state index >= 15 is 0 Å². The first-order chi connectivity index (χ1) is 10.7. The van der Waals surface area contributed by atoms with E-state index in [1.54, 1.807) is 7.11 Å². The van der Waals surface area contributed by atoms with Crippen LogP contribution < -0.4 is 20.5 Å². The molecule has 2 rings (SSSR count). The van der Waals surface area contributed by atoms with E-state index in [0.29, 0.717) is 12.5 Å². The predicted molar refractivity (Wildman–Crippen MR) is 105 cm³/mol. The SMILES string of the molecule is COc1ccc(OC(C)CN=C(N)Nc2ccccc2)cc1.I. The van der Waals surface area contributed by atoms with Gasteiger partial charge in [0.2, 0.25) is 0 Å². The first kappa shape index (κ1) is 19.1. The van der Waals surface area contributed by atoms with Gasteiger partial charge in [-0.05, 0) is 43.3 Å². The molecule has 1 unspecified atom stereocenters. The van der Waals surface area contributed by atoms with Gasteiger partial charge >= 0.3 is 0 Å². The van der Waals surface area contributed by atoms with E-state index in [2.05, 4.69) is 10.3 Å². The van der Waals surface area contributed by atoms with Crippen molar-refractivity contribution in [3.05, 3.63) is 54.6 Å². The van der Waals surface area contributed by atoms with Crippen LogP contribution in [-0.4, -0.2) is 25.7 Å². The van der Waals surface area contributed by atoms with Gasteiger partial charge < -0.3 is 20.5 Å². The maximum Gasteiger partial charge on any atom is 0.193 e. The fourth-order valence-corrected chi connectivity index (χ4v) is 1.86. The minimum Gasteiger partial charge on any atom is -0.497 e. The molecular weight excluding hydrogens is 405 g/mol. The van der Waals surface area contributed by atoms with E-state index in [1.807, 2.05) is 61.5 Å². The average molecular weight is 427 g/mol. The third-order valence-electron chi connectivity index (χ3n) is 2.96. The molecule has 3 N–H and O–H groups in total. The third kappa shape index (κ3) is 6.77. The van der Waals surface area contributed by atoms with Gasteiger partial charge in [0, 0.05) is 5.69 Å². The minimum absolute atomic E-state index is 0. The van der Waals surface area contributed by atoms with Crippen molar-refractivity contribution in [2.75, 3.05) is 19.0 Å². The van der Waals surface area contributed by atoms with Gasteiger partial charge in [0.15, 0.2) is 5.96 Å².